The highest BCUT2D eigenvalue weighted by Crippen LogP contribution is 2.33. The number of hydrogen-bond acceptors (Lipinski definition) is 7. The van der Waals surface area contributed by atoms with E-state index in [-0.39, 0.29) is 0 Å². The Morgan fingerprint density at radius 1 is 0.744 bits per heavy atom. The van der Waals surface area contributed by atoms with E-state index < -0.39 is 0 Å². The van der Waals surface area contributed by atoms with Crippen molar-refractivity contribution in [3.8, 4) is 23.0 Å². The molecule has 5 rings (SSSR count). The van der Waals surface area contributed by atoms with Crippen molar-refractivity contribution in [1.82, 2.24) is 9.80 Å². The van der Waals surface area contributed by atoms with Gasteiger partial charge in [0.15, 0.2) is 23.0 Å². The monoisotopic (exact) mass is 582 g/mol. The summed E-state index contributed by atoms with van der Waals surface area (Å²) in [4.78, 5) is 13.8. The molecule has 0 unspecified atom stereocenters. The molecule has 2 aliphatic rings. The Labute approximate surface area is 255 Å². The summed E-state index contributed by atoms with van der Waals surface area (Å²) in [6, 6.07) is 22.8. The van der Waals surface area contributed by atoms with Crippen LogP contribution in [-0.2, 0) is 13.1 Å². The fourth-order valence-corrected chi connectivity index (χ4v) is 5.26. The van der Waals surface area contributed by atoms with E-state index in [0.29, 0.717) is 38.7 Å². The van der Waals surface area contributed by atoms with Crippen molar-refractivity contribution >= 4 is 12.6 Å². The topological polar surface area (TPSA) is 68.1 Å². The lowest BCUT2D eigenvalue weighted by Gasteiger charge is -2.31. The second-order valence-electron chi connectivity index (χ2n) is 10.8. The molecule has 3 aromatic carbocycles. The fraction of sp³-hybridized carbons (Fsp3) is 0.371. The molecule has 226 valence electrons. The Balaban J connectivity index is 1.41. The van der Waals surface area contributed by atoms with Gasteiger partial charge < -0.3 is 23.8 Å². The maximum Gasteiger partial charge on any atom is 0.161 e. The molecule has 0 saturated heterocycles. The van der Waals surface area contributed by atoms with Crippen molar-refractivity contribution in [2.45, 2.75) is 32.9 Å². The highest BCUT2D eigenvalue weighted by atomic mass is 16.6. The maximum atomic E-state index is 5.89. The molecule has 3 aromatic rings. The lowest BCUT2D eigenvalue weighted by atomic mass is 10.1. The number of nitrogens with zero attached hydrogens (tertiary/aromatic N) is 4. The van der Waals surface area contributed by atoms with E-state index in [2.05, 4.69) is 71.4 Å². The van der Waals surface area contributed by atoms with E-state index in [0.717, 1.165) is 80.0 Å². The smallest absolute Gasteiger partial charge is 0.161 e. The second kappa shape index (κ2) is 15.3. The summed E-state index contributed by atoms with van der Waals surface area (Å²) in [7, 11) is 0. The number of hydrogen-bond donors (Lipinski definition) is 0. The zero-order valence-corrected chi connectivity index (χ0v) is 25.2. The Morgan fingerprint density at radius 2 is 1.33 bits per heavy atom. The van der Waals surface area contributed by atoms with Crippen molar-refractivity contribution < 1.29 is 18.9 Å². The van der Waals surface area contributed by atoms with Gasteiger partial charge in [-0.2, -0.15) is 0 Å². The Hall–Kier alpha value is -4.30. The number of rotatable bonds is 14. The molecule has 43 heavy (non-hydrogen) atoms. The van der Waals surface area contributed by atoms with E-state index >= 15 is 0 Å². The predicted molar refractivity (Wildman–Crippen MR) is 172 cm³/mol. The minimum atomic E-state index is 0.401. The van der Waals surface area contributed by atoms with Crippen LogP contribution in [0.5, 0.6) is 23.0 Å². The third-order valence-corrected chi connectivity index (χ3v) is 7.38. The largest absolute Gasteiger partial charge is 0.486 e. The van der Waals surface area contributed by atoms with Crippen LogP contribution in [0.15, 0.2) is 89.0 Å². The highest BCUT2D eigenvalue weighted by Gasteiger charge is 2.19. The van der Waals surface area contributed by atoms with Crippen LogP contribution in [0.1, 0.15) is 36.5 Å². The van der Waals surface area contributed by atoms with Gasteiger partial charge in [0.25, 0.3) is 0 Å². The van der Waals surface area contributed by atoms with E-state index in [9.17, 15) is 0 Å². The number of aliphatic imine (C=N–C) groups is 2. The molecule has 2 heterocycles. The molecule has 0 spiro atoms. The van der Waals surface area contributed by atoms with Crippen molar-refractivity contribution in [3.05, 3.63) is 95.7 Å². The second-order valence-corrected chi connectivity index (χ2v) is 10.8. The van der Waals surface area contributed by atoms with Gasteiger partial charge in [0.05, 0.1) is 12.2 Å². The molecular weight excluding hydrogens is 540 g/mol. The minimum absolute atomic E-state index is 0.401. The fourth-order valence-electron chi connectivity index (χ4n) is 5.26. The number of amidine groups is 1. The summed E-state index contributed by atoms with van der Waals surface area (Å²) in [5.74, 6) is 4.14. The number of unbranched alkanes of at least 4 members (excludes halogenated alkanes) is 1. The first-order valence-electron chi connectivity index (χ1n) is 15.1. The molecule has 0 N–H and O–H groups in total. The minimum Gasteiger partial charge on any atom is -0.486 e. The SMILES string of the molecule is C=NCC(=C)N=C(c1ccccc1)N(CCCC)CCN(Cc1ccc2c(c1)OCCO2)Cc1ccc2c(c1)OCCO2. The molecule has 0 fully saturated rings. The maximum absolute atomic E-state index is 5.89. The van der Waals surface area contributed by atoms with E-state index in [1.165, 1.54) is 11.1 Å². The summed E-state index contributed by atoms with van der Waals surface area (Å²) >= 11 is 0. The van der Waals surface area contributed by atoms with Gasteiger partial charge in [-0.3, -0.25) is 9.89 Å². The van der Waals surface area contributed by atoms with E-state index in [4.69, 9.17) is 23.9 Å². The quantitative estimate of drug-likeness (QED) is 0.172. The number of fused-ring (bicyclic) bond motifs is 2. The molecule has 0 radical (unpaired) electrons. The number of benzene rings is 3. The van der Waals surface area contributed by atoms with Crippen molar-refractivity contribution in [3.63, 3.8) is 0 Å². The first-order chi connectivity index (χ1) is 21.1. The van der Waals surface area contributed by atoms with E-state index in [1.807, 2.05) is 30.3 Å². The Kier molecular flexibility index (Phi) is 10.7. The van der Waals surface area contributed by atoms with Gasteiger partial charge >= 0.3 is 0 Å². The zero-order valence-electron chi connectivity index (χ0n) is 25.2. The standard InChI is InChI=1S/C35H42N4O4/c1-4-5-15-39(35(37-27(2)24-36-3)30-9-7-6-8-10-30)17-16-38(25-28-11-13-31-33(22-28)42-20-18-40-31)26-29-12-14-32-34(23-29)43-21-19-41-32/h6-14,22-23H,2-5,15-21,24-26H2,1H3. The Bertz CT molecular complexity index is 1350. The molecular formula is C35H42N4O4. The average molecular weight is 583 g/mol. The van der Waals surface area contributed by atoms with Crippen molar-refractivity contribution in [2.24, 2.45) is 9.98 Å². The molecule has 0 atom stereocenters. The van der Waals surface area contributed by atoms with Gasteiger partial charge in [0, 0.05) is 38.3 Å². The summed E-state index contributed by atoms with van der Waals surface area (Å²) in [5, 5.41) is 0. The normalized spacial score (nSPS) is 14.0. The zero-order chi connectivity index (χ0) is 29.9. The van der Waals surface area contributed by atoms with Crippen LogP contribution < -0.4 is 18.9 Å². The van der Waals surface area contributed by atoms with Gasteiger partial charge in [-0.1, -0.05) is 62.4 Å². The van der Waals surface area contributed by atoms with Crippen LogP contribution in [-0.4, -0.2) is 75.0 Å². The Morgan fingerprint density at radius 3 is 1.88 bits per heavy atom. The summed E-state index contributed by atoms with van der Waals surface area (Å²) < 4.78 is 23.3. The van der Waals surface area contributed by atoms with Crippen LogP contribution >= 0.6 is 0 Å². The van der Waals surface area contributed by atoms with Crippen LogP contribution in [0, 0.1) is 0 Å². The molecule has 0 aliphatic carbocycles. The molecule has 0 saturated carbocycles. The lowest BCUT2D eigenvalue weighted by molar-refractivity contribution is 0.170. The third kappa shape index (κ3) is 8.38. The number of ether oxygens (including phenoxy) is 4. The van der Waals surface area contributed by atoms with E-state index in [1.54, 1.807) is 0 Å². The van der Waals surface area contributed by atoms with Crippen LogP contribution in [0.4, 0.5) is 0 Å². The molecule has 2 aliphatic heterocycles. The van der Waals surface area contributed by atoms with Crippen molar-refractivity contribution in [1.29, 1.82) is 0 Å². The first kappa shape index (κ1) is 30.2. The van der Waals surface area contributed by atoms with Gasteiger partial charge in [0.2, 0.25) is 0 Å². The summed E-state index contributed by atoms with van der Waals surface area (Å²) in [6.07, 6.45) is 2.15. The molecule has 8 nitrogen and oxygen atoms in total. The highest BCUT2D eigenvalue weighted by molar-refractivity contribution is 5.99. The first-order valence-corrected chi connectivity index (χ1v) is 15.1. The molecule has 0 aromatic heterocycles. The third-order valence-electron chi connectivity index (χ3n) is 7.38. The van der Waals surface area contributed by atoms with Gasteiger partial charge in [-0.05, 0) is 48.5 Å². The molecule has 0 bridgehead atoms. The molecule has 8 heteroatoms. The van der Waals surface area contributed by atoms with Gasteiger partial charge in [-0.15, -0.1) is 0 Å². The molecule has 0 amide bonds. The van der Waals surface area contributed by atoms with Crippen LogP contribution in [0.25, 0.3) is 0 Å². The average Bonchev–Trinajstić information content (AvgIpc) is 3.04. The van der Waals surface area contributed by atoms with Crippen LogP contribution in [0.3, 0.4) is 0 Å². The van der Waals surface area contributed by atoms with Gasteiger partial charge in [-0.25, -0.2) is 4.99 Å². The van der Waals surface area contributed by atoms with Crippen LogP contribution in [0.2, 0.25) is 0 Å². The van der Waals surface area contributed by atoms with Crippen molar-refractivity contribution in [2.75, 3.05) is 52.6 Å². The lowest BCUT2D eigenvalue weighted by Crippen LogP contribution is -2.39. The van der Waals surface area contributed by atoms with Gasteiger partial charge in [0.1, 0.15) is 32.3 Å². The summed E-state index contributed by atoms with van der Waals surface area (Å²) in [6.45, 7) is 16.7. The predicted octanol–water partition coefficient (Wildman–Crippen LogP) is 5.99. The summed E-state index contributed by atoms with van der Waals surface area (Å²) in [5.41, 5.74) is 4.10.